The minimum Gasteiger partial charge on any atom is -0.363 e. The number of hydrogen-bond donors (Lipinski definition) is 2. The van der Waals surface area contributed by atoms with Crippen molar-refractivity contribution in [2.24, 2.45) is 0 Å². The first-order chi connectivity index (χ1) is 16.2. The largest absolute Gasteiger partial charge is 0.363 e. The Morgan fingerprint density at radius 3 is 2.71 bits per heavy atom. The van der Waals surface area contributed by atoms with Crippen LogP contribution in [0.5, 0.6) is 0 Å². The van der Waals surface area contributed by atoms with Gasteiger partial charge in [-0.3, -0.25) is 4.79 Å². The molecule has 2 aromatic carbocycles. The molecular weight excluding hydrogens is 442 g/mol. The monoisotopic (exact) mass is 471 g/mol. The van der Waals surface area contributed by atoms with Gasteiger partial charge in [0.15, 0.2) is 0 Å². The molecule has 2 heterocycles. The van der Waals surface area contributed by atoms with Crippen LogP contribution < -0.4 is 10.6 Å². The van der Waals surface area contributed by atoms with Gasteiger partial charge in [-0.25, -0.2) is 15.0 Å². The van der Waals surface area contributed by atoms with E-state index >= 15 is 0 Å². The maximum absolute atomic E-state index is 12.1. The average Bonchev–Trinajstić information content (AvgIpc) is 3.24. The van der Waals surface area contributed by atoms with Crippen molar-refractivity contribution in [3.05, 3.63) is 77.1 Å². The molecule has 0 unspecified atom stereocenters. The van der Waals surface area contributed by atoms with Crippen LogP contribution in [0.1, 0.15) is 50.7 Å². The second-order valence-electron chi connectivity index (χ2n) is 9.33. The molecule has 34 heavy (non-hydrogen) atoms. The van der Waals surface area contributed by atoms with E-state index in [1.165, 1.54) is 0 Å². The number of nitrogens with one attached hydrogen (secondary N) is 2. The second kappa shape index (κ2) is 9.73. The van der Waals surface area contributed by atoms with Crippen LogP contribution in [0.3, 0.4) is 0 Å². The van der Waals surface area contributed by atoms with Crippen molar-refractivity contribution in [2.75, 3.05) is 5.32 Å². The highest BCUT2D eigenvalue weighted by atomic mass is 32.1. The van der Waals surface area contributed by atoms with Gasteiger partial charge in [-0.1, -0.05) is 24.3 Å². The Bertz CT molecular complexity index is 1350. The van der Waals surface area contributed by atoms with Crippen molar-refractivity contribution < 1.29 is 4.79 Å². The molecule has 0 fully saturated rings. The van der Waals surface area contributed by atoms with Gasteiger partial charge in [0.1, 0.15) is 11.6 Å². The van der Waals surface area contributed by atoms with E-state index in [1.807, 2.05) is 69.6 Å². The summed E-state index contributed by atoms with van der Waals surface area (Å²) in [6.07, 6.45) is 3.41. The molecule has 0 spiro atoms. The molecule has 2 aromatic heterocycles. The Balaban J connectivity index is 1.51. The Hall–Kier alpha value is -3.58. The van der Waals surface area contributed by atoms with E-state index in [-0.39, 0.29) is 17.5 Å². The normalized spacial score (nSPS) is 12.7. The lowest BCUT2D eigenvalue weighted by atomic mass is 10.0. The van der Waals surface area contributed by atoms with Gasteiger partial charge in [0.05, 0.1) is 21.4 Å². The summed E-state index contributed by atoms with van der Waals surface area (Å²) in [7, 11) is 0. The zero-order chi connectivity index (χ0) is 24.3. The number of aromatic nitrogens is 3. The lowest BCUT2D eigenvalue weighted by Gasteiger charge is -2.19. The van der Waals surface area contributed by atoms with Gasteiger partial charge in [-0.2, -0.15) is 0 Å². The number of thiazole rings is 1. The summed E-state index contributed by atoms with van der Waals surface area (Å²) in [6.45, 7) is 9.88. The SMILES string of the molecule is Cc1nc(N[C@@H](C)c2cccc(/C=C/C(=O)NC(C)(C)C)c2)cc(-c2ccc3ncsc3c2)n1. The summed E-state index contributed by atoms with van der Waals surface area (Å²) in [5, 5.41) is 6.44. The minimum atomic E-state index is -0.261. The predicted octanol–water partition coefficient (Wildman–Crippen LogP) is 6.16. The lowest BCUT2D eigenvalue weighted by molar-refractivity contribution is -0.117. The number of carbonyl (C=O) groups excluding carboxylic acids is 1. The Kier molecular flexibility index (Phi) is 6.75. The van der Waals surface area contributed by atoms with E-state index in [0.29, 0.717) is 5.82 Å². The quantitative estimate of drug-likeness (QED) is 0.329. The molecule has 1 atom stereocenters. The van der Waals surface area contributed by atoms with Gasteiger partial charge < -0.3 is 10.6 Å². The maximum Gasteiger partial charge on any atom is 0.244 e. The number of hydrogen-bond acceptors (Lipinski definition) is 6. The third-order valence-corrected chi connectivity index (χ3v) is 5.96. The van der Waals surface area contributed by atoms with E-state index in [9.17, 15) is 4.79 Å². The fourth-order valence-corrected chi connectivity index (χ4v) is 4.34. The number of rotatable bonds is 6. The molecule has 4 rings (SSSR count). The molecule has 6 nitrogen and oxygen atoms in total. The summed E-state index contributed by atoms with van der Waals surface area (Å²) in [4.78, 5) is 25.7. The van der Waals surface area contributed by atoms with Gasteiger partial charge in [0.2, 0.25) is 5.91 Å². The van der Waals surface area contributed by atoms with E-state index in [1.54, 1.807) is 17.4 Å². The highest BCUT2D eigenvalue weighted by molar-refractivity contribution is 7.16. The van der Waals surface area contributed by atoms with Crippen molar-refractivity contribution >= 4 is 39.4 Å². The molecule has 174 valence electrons. The van der Waals surface area contributed by atoms with Gasteiger partial charge in [-0.15, -0.1) is 11.3 Å². The van der Waals surface area contributed by atoms with Crippen LogP contribution in [0.2, 0.25) is 0 Å². The van der Waals surface area contributed by atoms with Crippen molar-refractivity contribution in [1.82, 2.24) is 20.3 Å². The Morgan fingerprint density at radius 1 is 1.09 bits per heavy atom. The number of amides is 1. The van der Waals surface area contributed by atoms with Crippen LogP contribution in [0, 0.1) is 6.92 Å². The van der Waals surface area contributed by atoms with E-state index in [2.05, 4.69) is 50.7 Å². The molecule has 0 aliphatic heterocycles. The van der Waals surface area contributed by atoms with Gasteiger partial charge >= 0.3 is 0 Å². The van der Waals surface area contributed by atoms with E-state index < -0.39 is 0 Å². The van der Waals surface area contributed by atoms with Crippen LogP contribution in [-0.4, -0.2) is 26.4 Å². The number of anilines is 1. The van der Waals surface area contributed by atoms with Crippen LogP contribution >= 0.6 is 11.3 Å². The third kappa shape index (κ3) is 6.05. The second-order valence-corrected chi connectivity index (χ2v) is 10.2. The smallest absolute Gasteiger partial charge is 0.244 e. The molecule has 0 radical (unpaired) electrons. The Morgan fingerprint density at radius 2 is 1.91 bits per heavy atom. The van der Waals surface area contributed by atoms with Gasteiger partial charge in [0.25, 0.3) is 0 Å². The molecule has 0 aliphatic carbocycles. The average molecular weight is 472 g/mol. The summed E-state index contributed by atoms with van der Waals surface area (Å²) in [5.41, 5.74) is 6.57. The number of fused-ring (bicyclic) bond motifs is 1. The zero-order valence-corrected chi connectivity index (χ0v) is 20.9. The standard InChI is InChI=1S/C27H29N5OS/c1-17(20-8-6-7-19(13-20)9-12-26(33)32-27(3,4)5)29-25-15-23(30-18(2)31-25)21-10-11-22-24(14-21)34-16-28-22/h6-17H,1-5H3,(H,32,33)(H,29,30,31)/b12-9+/t17-/m0/s1. The summed E-state index contributed by atoms with van der Waals surface area (Å²) in [5.74, 6) is 1.37. The molecule has 2 N–H and O–H groups in total. The molecule has 1 amide bonds. The first-order valence-electron chi connectivity index (χ1n) is 11.2. The van der Waals surface area contributed by atoms with E-state index in [0.717, 1.165) is 38.4 Å². The number of aryl methyl sites for hydroxylation is 1. The first kappa shape index (κ1) is 23.6. The van der Waals surface area contributed by atoms with Gasteiger partial charge in [-0.05, 0) is 70.0 Å². The maximum atomic E-state index is 12.1. The van der Waals surface area contributed by atoms with Crippen molar-refractivity contribution in [3.63, 3.8) is 0 Å². The summed E-state index contributed by atoms with van der Waals surface area (Å²) < 4.78 is 1.14. The summed E-state index contributed by atoms with van der Waals surface area (Å²) >= 11 is 1.62. The fourth-order valence-electron chi connectivity index (χ4n) is 3.62. The molecule has 0 saturated heterocycles. The molecule has 7 heteroatoms. The molecule has 4 aromatic rings. The van der Waals surface area contributed by atoms with Crippen LogP contribution in [0.15, 0.2) is 60.1 Å². The number of nitrogens with zero attached hydrogens (tertiary/aromatic N) is 3. The fraction of sp³-hybridized carbons (Fsp3) is 0.259. The lowest BCUT2D eigenvalue weighted by Crippen LogP contribution is -2.39. The predicted molar refractivity (Wildman–Crippen MR) is 141 cm³/mol. The van der Waals surface area contributed by atoms with Crippen LogP contribution in [0.4, 0.5) is 5.82 Å². The van der Waals surface area contributed by atoms with Crippen molar-refractivity contribution in [1.29, 1.82) is 0 Å². The molecule has 0 aliphatic rings. The van der Waals surface area contributed by atoms with Crippen molar-refractivity contribution in [3.8, 4) is 11.3 Å². The van der Waals surface area contributed by atoms with Crippen molar-refractivity contribution in [2.45, 2.75) is 46.2 Å². The third-order valence-electron chi connectivity index (χ3n) is 5.17. The molecule has 0 bridgehead atoms. The number of benzene rings is 2. The molecule has 0 saturated carbocycles. The molecular formula is C27H29N5OS. The zero-order valence-electron chi connectivity index (χ0n) is 20.1. The number of carbonyl (C=O) groups is 1. The minimum absolute atomic E-state index is 0.0166. The van der Waals surface area contributed by atoms with Crippen LogP contribution in [-0.2, 0) is 4.79 Å². The van der Waals surface area contributed by atoms with E-state index in [4.69, 9.17) is 0 Å². The topological polar surface area (TPSA) is 79.8 Å². The van der Waals surface area contributed by atoms with Gasteiger partial charge in [0, 0.05) is 29.3 Å². The van der Waals surface area contributed by atoms with Crippen LogP contribution in [0.25, 0.3) is 27.6 Å². The Labute approximate surface area is 204 Å². The summed E-state index contributed by atoms with van der Waals surface area (Å²) in [6, 6.07) is 16.3. The highest BCUT2D eigenvalue weighted by Gasteiger charge is 2.12. The highest BCUT2D eigenvalue weighted by Crippen LogP contribution is 2.27. The first-order valence-corrected chi connectivity index (χ1v) is 12.1.